The average Bonchev–Trinajstić information content (AvgIpc) is 3.01. The maximum absolute atomic E-state index is 12.5. The third-order valence-electron chi connectivity index (χ3n) is 4.45. The van der Waals surface area contributed by atoms with Crippen molar-refractivity contribution >= 4 is 27.1 Å². The van der Waals surface area contributed by atoms with E-state index >= 15 is 0 Å². The predicted molar refractivity (Wildman–Crippen MR) is 98.8 cm³/mol. The van der Waals surface area contributed by atoms with Gasteiger partial charge in [0.1, 0.15) is 6.07 Å². The summed E-state index contributed by atoms with van der Waals surface area (Å²) in [4.78, 5) is 18.5. The minimum Gasteiger partial charge on any atom is -0.369 e. The fourth-order valence-corrected chi connectivity index (χ4v) is 4.69. The van der Waals surface area contributed by atoms with Crippen LogP contribution in [0.25, 0.3) is 0 Å². The van der Waals surface area contributed by atoms with Gasteiger partial charge in [0.15, 0.2) is 9.84 Å². The zero-order chi connectivity index (χ0) is 18.7. The second-order valence-electron chi connectivity index (χ2n) is 6.21. The molecule has 2 aromatic rings. The van der Waals surface area contributed by atoms with Crippen LogP contribution in [-0.2, 0) is 9.84 Å². The molecule has 1 atom stereocenters. The first kappa shape index (κ1) is 17.9. The number of carbonyl (C=O) groups is 1. The van der Waals surface area contributed by atoms with Gasteiger partial charge in [-0.1, -0.05) is 12.1 Å². The van der Waals surface area contributed by atoms with E-state index in [1.807, 2.05) is 11.0 Å². The summed E-state index contributed by atoms with van der Waals surface area (Å²) in [7, 11) is -1.19. The van der Waals surface area contributed by atoms with Gasteiger partial charge in [0.2, 0.25) is 0 Å². The number of nitrogens with one attached hydrogen (secondary N) is 1. The molecule has 1 amide bonds. The van der Waals surface area contributed by atoms with Gasteiger partial charge in [-0.3, -0.25) is 9.78 Å². The van der Waals surface area contributed by atoms with Gasteiger partial charge in [0, 0.05) is 19.3 Å². The van der Waals surface area contributed by atoms with Gasteiger partial charge in [-0.15, -0.1) is 0 Å². The summed E-state index contributed by atoms with van der Waals surface area (Å²) >= 11 is 0. The first-order chi connectivity index (χ1) is 12.4. The number of amides is 1. The molecule has 0 radical (unpaired) electrons. The Labute approximate surface area is 152 Å². The average molecular weight is 370 g/mol. The molecule has 26 heavy (non-hydrogen) atoms. The monoisotopic (exact) mass is 370 g/mol. The van der Waals surface area contributed by atoms with E-state index in [4.69, 9.17) is 5.26 Å². The van der Waals surface area contributed by atoms with Crippen molar-refractivity contribution in [2.24, 2.45) is 0 Å². The van der Waals surface area contributed by atoms with Crippen LogP contribution in [0.5, 0.6) is 0 Å². The fourth-order valence-electron chi connectivity index (χ4n) is 2.92. The summed E-state index contributed by atoms with van der Waals surface area (Å²) in [6, 6.07) is 10.3. The highest BCUT2D eigenvalue weighted by Crippen LogP contribution is 2.23. The molecule has 7 nitrogen and oxygen atoms in total. The summed E-state index contributed by atoms with van der Waals surface area (Å²) in [6.45, 7) is 0. The van der Waals surface area contributed by atoms with Crippen molar-refractivity contribution in [2.45, 2.75) is 12.5 Å². The Morgan fingerprint density at radius 3 is 2.81 bits per heavy atom. The Morgan fingerprint density at radius 2 is 2.12 bits per heavy atom. The topological polar surface area (TPSA) is 103 Å². The van der Waals surface area contributed by atoms with Gasteiger partial charge in [0.05, 0.1) is 40.2 Å². The minimum atomic E-state index is -3.00. The fraction of sp³-hybridized carbons (Fsp3) is 0.278. The Balaban J connectivity index is 1.79. The van der Waals surface area contributed by atoms with Gasteiger partial charge < -0.3 is 10.2 Å². The molecule has 3 rings (SSSR count). The summed E-state index contributed by atoms with van der Waals surface area (Å²) in [5.74, 6) is -0.0924. The van der Waals surface area contributed by atoms with Crippen molar-refractivity contribution in [3.8, 4) is 6.07 Å². The number of anilines is 2. The number of pyridine rings is 1. The molecule has 1 fully saturated rings. The number of hydrogen-bond donors (Lipinski definition) is 1. The lowest BCUT2D eigenvalue weighted by molar-refractivity contribution is 0.102. The van der Waals surface area contributed by atoms with Gasteiger partial charge in [-0.2, -0.15) is 5.26 Å². The first-order valence-corrected chi connectivity index (χ1v) is 9.90. The maximum atomic E-state index is 12.5. The SMILES string of the molecule is CN(c1cncc(C(=O)Nc2ccccc2C#N)c1)C1CCS(=O)(=O)C1. The summed E-state index contributed by atoms with van der Waals surface area (Å²) in [5, 5.41) is 11.8. The van der Waals surface area contributed by atoms with Crippen molar-refractivity contribution in [3.63, 3.8) is 0 Å². The van der Waals surface area contributed by atoms with Crippen LogP contribution in [0.3, 0.4) is 0 Å². The Morgan fingerprint density at radius 1 is 1.35 bits per heavy atom. The molecule has 0 aliphatic carbocycles. The second-order valence-corrected chi connectivity index (χ2v) is 8.44. The number of nitrogens with zero attached hydrogens (tertiary/aromatic N) is 3. The molecule has 0 saturated carbocycles. The number of hydrogen-bond acceptors (Lipinski definition) is 6. The molecule has 1 unspecified atom stereocenters. The molecule has 2 heterocycles. The van der Waals surface area contributed by atoms with E-state index in [1.165, 1.54) is 6.20 Å². The number of benzene rings is 1. The summed E-state index contributed by atoms with van der Waals surface area (Å²) in [6.07, 6.45) is 3.60. The largest absolute Gasteiger partial charge is 0.369 e. The first-order valence-electron chi connectivity index (χ1n) is 8.08. The summed E-state index contributed by atoms with van der Waals surface area (Å²) < 4.78 is 23.4. The standard InChI is InChI=1S/C18H18N4O3S/c1-22(15-6-7-26(24,25)12-15)16-8-14(10-20-11-16)18(23)21-17-5-3-2-4-13(17)9-19/h2-5,8,10-11,15H,6-7,12H2,1H3,(H,21,23). The van der Waals surface area contributed by atoms with E-state index in [1.54, 1.807) is 43.6 Å². The normalized spacial score (nSPS) is 18.1. The predicted octanol–water partition coefficient (Wildman–Crippen LogP) is 1.83. The lowest BCUT2D eigenvalue weighted by Crippen LogP contribution is -2.32. The van der Waals surface area contributed by atoms with Crippen LogP contribution < -0.4 is 10.2 Å². The highest BCUT2D eigenvalue weighted by Gasteiger charge is 2.31. The Hall–Kier alpha value is -2.92. The van der Waals surface area contributed by atoms with Crippen molar-refractivity contribution in [1.29, 1.82) is 5.26 Å². The van der Waals surface area contributed by atoms with Crippen LogP contribution in [-0.4, -0.2) is 43.9 Å². The maximum Gasteiger partial charge on any atom is 0.257 e. The number of rotatable bonds is 4. The smallest absolute Gasteiger partial charge is 0.257 e. The number of sulfone groups is 1. The van der Waals surface area contributed by atoms with Crippen molar-refractivity contribution in [1.82, 2.24) is 4.98 Å². The van der Waals surface area contributed by atoms with Crippen molar-refractivity contribution in [2.75, 3.05) is 28.8 Å². The zero-order valence-electron chi connectivity index (χ0n) is 14.2. The Kier molecular flexibility index (Phi) is 4.91. The Bertz CT molecular complexity index is 982. The lowest BCUT2D eigenvalue weighted by Gasteiger charge is -2.25. The molecule has 1 aliphatic heterocycles. The number of nitriles is 1. The molecule has 1 saturated heterocycles. The van der Waals surface area contributed by atoms with E-state index < -0.39 is 9.84 Å². The van der Waals surface area contributed by atoms with Crippen LogP contribution in [0.1, 0.15) is 22.3 Å². The van der Waals surface area contributed by atoms with E-state index in [-0.39, 0.29) is 23.5 Å². The van der Waals surface area contributed by atoms with E-state index in [2.05, 4.69) is 10.3 Å². The van der Waals surface area contributed by atoms with E-state index in [0.29, 0.717) is 28.9 Å². The lowest BCUT2D eigenvalue weighted by atomic mass is 10.1. The molecule has 1 aromatic carbocycles. The molecular formula is C18H18N4O3S. The van der Waals surface area contributed by atoms with Crippen LogP contribution in [0.4, 0.5) is 11.4 Å². The van der Waals surface area contributed by atoms with E-state index in [0.717, 1.165) is 0 Å². The third-order valence-corrected chi connectivity index (χ3v) is 6.20. The van der Waals surface area contributed by atoms with Gasteiger partial charge >= 0.3 is 0 Å². The third kappa shape index (κ3) is 3.83. The highest BCUT2D eigenvalue weighted by atomic mass is 32.2. The quantitative estimate of drug-likeness (QED) is 0.881. The molecule has 0 spiro atoms. The highest BCUT2D eigenvalue weighted by molar-refractivity contribution is 7.91. The zero-order valence-corrected chi connectivity index (χ0v) is 15.0. The number of para-hydroxylation sites is 1. The van der Waals surface area contributed by atoms with Gasteiger partial charge in [-0.25, -0.2) is 8.42 Å². The van der Waals surface area contributed by atoms with Crippen molar-refractivity contribution < 1.29 is 13.2 Å². The molecular weight excluding hydrogens is 352 g/mol. The molecule has 1 aromatic heterocycles. The van der Waals surface area contributed by atoms with Crippen molar-refractivity contribution in [3.05, 3.63) is 53.9 Å². The summed E-state index contributed by atoms with van der Waals surface area (Å²) in [5.41, 5.74) is 1.81. The van der Waals surface area contributed by atoms with Crippen LogP contribution in [0.15, 0.2) is 42.7 Å². The molecule has 0 bridgehead atoms. The van der Waals surface area contributed by atoms with Crippen LogP contribution >= 0.6 is 0 Å². The molecule has 1 aliphatic rings. The minimum absolute atomic E-state index is 0.107. The van der Waals surface area contributed by atoms with Crippen LogP contribution in [0.2, 0.25) is 0 Å². The second kappa shape index (κ2) is 7.14. The number of aromatic nitrogens is 1. The molecule has 134 valence electrons. The van der Waals surface area contributed by atoms with Gasteiger partial charge in [-0.05, 0) is 24.6 Å². The molecule has 1 N–H and O–H groups in total. The van der Waals surface area contributed by atoms with Gasteiger partial charge in [0.25, 0.3) is 5.91 Å². The molecule has 8 heteroatoms. The van der Waals surface area contributed by atoms with Crippen LogP contribution in [0, 0.1) is 11.3 Å². The van der Waals surface area contributed by atoms with E-state index in [9.17, 15) is 13.2 Å². The number of carbonyl (C=O) groups excluding carboxylic acids is 1.